The number of fused-ring (bicyclic) bond motifs is 1. The molecule has 6 heteroatoms. The van der Waals surface area contributed by atoms with E-state index >= 15 is 0 Å². The summed E-state index contributed by atoms with van der Waals surface area (Å²) in [5, 5.41) is 0.355. The third-order valence-electron chi connectivity index (χ3n) is 3.45. The van der Waals surface area contributed by atoms with Gasteiger partial charge in [-0.3, -0.25) is 9.69 Å². The number of ether oxygens (including phenoxy) is 2. The molecule has 2 heterocycles. The van der Waals surface area contributed by atoms with Crippen LogP contribution in [0.4, 0.5) is 5.69 Å². The Balaban J connectivity index is 2.07. The van der Waals surface area contributed by atoms with Crippen LogP contribution in [0.15, 0.2) is 36.5 Å². The number of methoxy groups -OCH3 is 1. The molecule has 2 aromatic rings. The van der Waals surface area contributed by atoms with Crippen molar-refractivity contribution in [2.45, 2.75) is 13.0 Å². The van der Waals surface area contributed by atoms with E-state index in [1.165, 1.54) is 7.11 Å². The van der Waals surface area contributed by atoms with E-state index in [1.54, 1.807) is 41.4 Å². The van der Waals surface area contributed by atoms with Crippen LogP contribution in [-0.2, 0) is 0 Å². The number of rotatable bonds is 2. The number of carbonyl (C=O) groups is 1. The minimum absolute atomic E-state index is 0.153. The molecule has 1 atom stereocenters. The molecule has 1 aliphatic heterocycles. The largest absolute Gasteiger partial charge is 0.496 e. The van der Waals surface area contributed by atoms with Gasteiger partial charge in [-0.1, -0.05) is 17.7 Å². The van der Waals surface area contributed by atoms with Crippen molar-refractivity contribution in [3.05, 3.63) is 47.1 Å². The molecule has 0 saturated heterocycles. The van der Waals surface area contributed by atoms with Gasteiger partial charge in [0.15, 0.2) is 0 Å². The smallest absolute Gasteiger partial charge is 0.263 e. The van der Waals surface area contributed by atoms with Gasteiger partial charge in [-0.05, 0) is 31.2 Å². The lowest BCUT2D eigenvalue weighted by atomic mass is 10.1. The number of hydrogen-bond donors (Lipinski definition) is 0. The zero-order chi connectivity index (χ0) is 15.7. The number of amides is 1. The summed E-state index contributed by atoms with van der Waals surface area (Å²) in [5.41, 5.74) is 0.975. The maximum atomic E-state index is 13.0. The van der Waals surface area contributed by atoms with Crippen LogP contribution in [0.2, 0.25) is 5.02 Å². The number of nitrogens with zero attached hydrogens (tertiary/aromatic N) is 2. The van der Waals surface area contributed by atoms with Crippen molar-refractivity contribution in [1.29, 1.82) is 0 Å². The Bertz CT molecular complexity index is 720. The van der Waals surface area contributed by atoms with Crippen molar-refractivity contribution in [2.75, 3.05) is 18.6 Å². The van der Waals surface area contributed by atoms with Crippen LogP contribution >= 0.6 is 11.6 Å². The first-order valence-corrected chi connectivity index (χ1v) is 7.25. The number of pyridine rings is 1. The monoisotopic (exact) mass is 318 g/mol. The molecule has 0 saturated carbocycles. The summed E-state index contributed by atoms with van der Waals surface area (Å²) >= 11 is 6.21. The Labute approximate surface area is 133 Å². The molecule has 1 aliphatic rings. The van der Waals surface area contributed by atoms with Crippen molar-refractivity contribution in [2.24, 2.45) is 0 Å². The van der Waals surface area contributed by atoms with Gasteiger partial charge < -0.3 is 9.47 Å². The molecule has 1 amide bonds. The number of benzene rings is 1. The van der Waals surface area contributed by atoms with E-state index < -0.39 is 0 Å². The average molecular weight is 319 g/mol. The van der Waals surface area contributed by atoms with Gasteiger partial charge >= 0.3 is 0 Å². The van der Waals surface area contributed by atoms with E-state index in [1.807, 2.05) is 6.92 Å². The van der Waals surface area contributed by atoms with Crippen LogP contribution in [0, 0.1) is 0 Å². The SMILES string of the molecule is COc1cccc(Cl)c1C(=O)N1C[C@@H](C)Oc2ncccc21. The molecular formula is C16H15ClN2O3. The fourth-order valence-corrected chi connectivity index (χ4v) is 2.72. The summed E-state index contributed by atoms with van der Waals surface area (Å²) < 4.78 is 10.9. The van der Waals surface area contributed by atoms with Crippen molar-refractivity contribution >= 4 is 23.2 Å². The average Bonchev–Trinajstić information content (AvgIpc) is 2.53. The van der Waals surface area contributed by atoms with Gasteiger partial charge in [0.2, 0.25) is 5.88 Å². The van der Waals surface area contributed by atoms with E-state index in [0.717, 1.165) is 0 Å². The van der Waals surface area contributed by atoms with E-state index in [2.05, 4.69) is 4.98 Å². The second-order valence-corrected chi connectivity index (χ2v) is 5.40. The van der Waals surface area contributed by atoms with Crippen LogP contribution in [0.25, 0.3) is 0 Å². The third kappa shape index (κ3) is 2.48. The fourth-order valence-electron chi connectivity index (χ4n) is 2.47. The third-order valence-corrected chi connectivity index (χ3v) is 3.76. The molecule has 1 aromatic heterocycles. The summed E-state index contributed by atoms with van der Waals surface area (Å²) in [7, 11) is 1.51. The van der Waals surface area contributed by atoms with Crippen LogP contribution < -0.4 is 14.4 Å². The van der Waals surface area contributed by atoms with Gasteiger partial charge in [0.1, 0.15) is 23.1 Å². The minimum atomic E-state index is -0.230. The standard InChI is InChI=1S/C16H15ClN2O3/c1-10-9-19(12-6-4-8-18-15(12)22-10)16(20)14-11(17)5-3-7-13(14)21-2/h3-8,10H,9H2,1-2H3/t10-/m1/s1. The first-order valence-electron chi connectivity index (χ1n) is 6.88. The van der Waals surface area contributed by atoms with E-state index in [4.69, 9.17) is 21.1 Å². The summed E-state index contributed by atoms with van der Waals surface area (Å²) in [6.07, 6.45) is 1.48. The lowest BCUT2D eigenvalue weighted by molar-refractivity contribution is 0.0956. The lowest BCUT2D eigenvalue weighted by Crippen LogP contribution is -2.42. The highest BCUT2D eigenvalue weighted by Gasteiger charge is 2.31. The first kappa shape index (κ1) is 14.7. The van der Waals surface area contributed by atoms with Gasteiger partial charge in [0.05, 0.1) is 18.7 Å². The topological polar surface area (TPSA) is 51.7 Å². The van der Waals surface area contributed by atoms with Gasteiger partial charge in [0.25, 0.3) is 5.91 Å². The number of hydrogen-bond acceptors (Lipinski definition) is 4. The van der Waals surface area contributed by atoms with Crippen LogP contribution in [-0.4, -0.2) is 30.6 Å². The Morgan fingerprint density at radius 3 is 3.00 bits per heavy atom. The molecule has 0 aliphatic carbocycles. The van der Waals surface area contributed by atoms with Gasteiger partial charge in [-0.2, -0.15) is 0 Å². The van der Waals surface area contributed by atoms with E-state index in [0.29, 0.717) is 34.4 Å². The predicted molar refractivity (Wildman–Crippen MR) is 84.0 cm³/mol. The number of carbonyl (C=O) groups excluding carboxylic acids is 1. The second-order valence-electron chi connectivity index (χ2n) is 4.99. The molecule has 0 radical (unpaired) electrons. The van der Waals surface area contributed by atoms with Crippen molar-refractivity contribution in [3.8, 4) is 11.6 Å². The van der Waals surface area contributed by atoms with Crippen molar-refractivity contribution in [3.63, 3.8) is 0 Å². The number of anilines is 1. The number of halogens is 1. The van der Waals surface area contributed by atoms with Gasteiger partial charge in [-0.15, -0.1) is 0 Å². The maximum absolute atomic E-state index is 13.0. The van der Waals surface area contributed by atoms with Crippen LogP contribution in [0.5, 0.6) is 11.6 Å². The minimum Gasteiger partial charge on any atom is -0.496 e. The molecular weight excluding hydrogens is 304 g/mol. The second kappa shape index (κ2) is 5.85. The van der Waals surface area contributed by atoms with E-state index in [9.17, 15) is 4.79 Å². The summed E-state index contributed by atoms with van der Waals surface area (Å²) in [6, 6.07) is 8.70. The molecule has 0 fully saturated rings. The molecule has 5 nitrogen and oxygen atoms in total. The Morgan fingerprint density at radius 2 is 2.23 bits per heavy atom. The Morgan fingerprint density at radius 1 is 1.41 bits per heavy atom. The first-order chi connectivity index (χ1) is 10.6. The molecule has 0 bridgehead atoms. The fraction of sp³-hybridized carbons (Fsp3) is 0.250. The molecule has 1 aromatic carbocycles. The normalized spacial score (nSPS) is 16.7. The quantitative estimate of drug-likeness (QED) is 0.853. The summed E-state index contributed by atoms with van der Waals surface area (Å²) in [5.74, 6) is 0.662. The predicted octanol–water partition coefficient (Wildman–Crippen LogP) is 3.17. The molecule has 0 N–H and O–H groups in total. The molecule has 0 spiro atoms. The zero-order valence-corrected chi connectivity index (χ0v) is 13.0. The Hall–Kier alpha value is -2.27. The van der Waals surface area contributed by atoms with Crippen LogP contribution in [0.1, 0.15) is 17.3 Å². The highest BCUT2D eigenvalue weighted by atomic mass is 35.5. The molecule has 0 unspecified atom stereocenters. The van der Waals surface area contributed by atoms with Gasteiger partial charge in [0, 0.05) is 6.20 Å². The highest BCUT2D eigenvalue weighted by Crippen LogP contribution is 2.35. The molecule has 3 rings (SSSR count). The Kier molecular flexibility index (Phi) is 3.90. The lowest BCUT2D eigenvalue weighted by Gasteiger charge is -2.32. The number of aromatic nitrogens is 1. The molecule has 114 valence electrons. The highest BCUT2D eigenvalue weighted by molar-refractivity contribution is 6.35. The molecule has 22 heavy (non-hydrogen) atoms. The maximum Gasteiger partial charge on any atom is 0.263 e. The van der Waals surface area contributed by atoms with Gasteiger partial charge in [-0.25, -0.2) is 4.98 Å². The van der Waals surface area contributed by atoms with Crippen molar-refractivity contribution in [1.82, 2.24) is 4.98 Å². The van der Waals surface area contributed by atoms with E-state index in [-0.39, 0.29) is 12.0 Å². The zero-order valence-electron chi connectivity index (χ0n) is 12.2. The summed E-state index contributed by atoms with van der Waals surface area (Å²) in [4.78, 5) is 18.8. The summed E-state index contributed by atoms with van der Waals surface area (Å²) in [6.45, 7) is 2.31. The van der Waals surface area contributed by atoms with Crippen LogP contribution in [0.3, 0.4) is 0 Å². The van der Waals surface area contributed by atoms with Crippen molar-refractivity contribution < 1.29 is 14.3 Å².